The zero-order valence-corrected chi connectivity index (χ0v) is 9.15. The van der Waals surface area contributed by atoms with Gasteiger partial charge in [-0.2, -0.15) is 4.39 Å². The lowest BCUT2D eigenvalue weighted by atomic mass is 10.1. The number of aromatic nitrogens is 2. The SMILES string of the molecule is O=C(O)c1ncccc1-c1cc(Cl)cnc1F. The first-order valence-electron chi connectivity index (χ1n) is 4.59. The maximum absolute atomic E-state index is 13.5. The number of pyridine rings is 2. The topological polar surface area (TPSA) is 63.1 Å². The minimum absolute atomic E-state index is 0.0167. The van der Waals surface area contributed by atoms with Crippen molar-refractivity contribution in [1.82, 2.24) is 9.97 Å². The molecule has 0 spiro atoms. The predicted molar refractivity (Wildman–Crippen MR) is 59.4 cm³/mol. The van der Waals surface area contributed by atoms with Crippen molar-refractivity contribution in [2.24, 2.45) is 0 Å². The van der Waals surface area contributed by atoms with Crippen LogP contribution in [0.2, 0.25) is 5.02 Å². The molecule has 1 N–H and O–H groups in total. The second-order valence-corrected chi connectivity index (χ2v) is 3.63. The van der Waals surface area contributed by atoms with E-state index < -0.39 is 11.9 Å². The molecule has 0 saturated heterocycles. The van der Waals surface area contributed by atoms with Gasteiger partial charge in [0.05, 0.1) is 5.02 Å². The van der Waals surface area contributed by atoms with Gasteiger partial charge in [-0.1, -0.05) is 17.7 Å². The molecule has 0 aliphatic rings. The Labute approximate surface area is 101 Å². The normalized spacial score (nSPS) is 10.2. The van der Waals surface area contributed by atoms with E-state index in [1.807, 2.05) is 0 Å². The van der Waals surface area contributed by atoms with Gasteiger partial charge >= 0.3 is 5.97 Å². The highest BCUT2D eigenvalue weighted by Gasteiger charge is 2.16. The molecule has 6 heteroatoms. The number of hydrogen-bond acceptors (Lipinski definition) is 3. The van der Waals surface area contributed by atoms with Crippen LogP contribution in [0.1, 0.15) is 10.5 Å². The van der Waals surface area contributed by atoms with Gasteiger partial charge in [0.2, 0.25) is 5.95 Å². The lowest BCUT2D eigenvalue weighted by molar-refractivity contribution is 0.0691. The Morgan fingerprint density at radius 2 is 2.12 bits per heavy atom. The molecule has 0 unspecified atom stereocenters. The Kier molecular flexibility index (Phi) is 3.01. The summed E-state index contributed by atoms with van der Waals surface area (Å²) < 4.78 is 13.5. The monoisotopic (exact) mass is 252 g/mol. The smallest absolute Gasteiger partial charge is 0.355 e. The molecular weight excluding hydrogens is 247 g/mol. The average molecular weight is 253 g/mol. The number of carboxylic acids is 1. The molecular formula is C11H6ClFN2O2. The van der Waals surface area contributed by atoms with E-state index in [1.165, 1.54) is 24.4 Å². The maximum Gasteiger partial charge on any atom is 0.355 e. The van der Waals surface area contributed by atoms with Crippen LogP contribution in [0.25, 0.3) is 11.1 Å². The van der Waals surface area contributed by atoms with E-state index >= 15 is 0 Å². The van der Waals surface area contributed by atoms with Crippen molar-refractivity contribution >= 4 is 17.6 Å². The van der Waals surface area contributed by atoms with Crippen molar-refractivity contribution in [3.05, 3.63) is 47.3 Å². The second kappa shape index (κ2) is 4.47. The highest BCUT2D eigenvalue weighted by atomic mass is 35.5. The zero-order valence-electron chi connectivity index (χ0n) is 8.39. The van der Waals surface area contributed by atoms with Gasteiger partial charge in [0.25, 0.3) is 0 Å². The molecule has 0 atom stereocenters. The van der Waals surface area contributed by atoms with Crippen LogP contribution >= 0.6 is 11.6 Å². The molecule has 2 aromatic heterocycles. The van der Waals surface area contributed by atoms with Gasteiger partial charge < -0.3 is 5.11 Å². The third-order valence-electron chi connectivity index (χ3n) is 2.11. The fourth-order valence-electron chi connectivity index (χ4n) is 1.40. The van der Waals surface area contributed by atoms with E-state index in [-0.39, 0.29) is 21.8 Å². The number of aromatic carboxylic acids is 1. The van der Waals surface area contributed by atoms with Crippen LogP contribution in [0.3, 0.4) is 0 Å². The molecule has 86 valence electrons. The number of halogens is 2. The van der Waals surface area contributed by atoms with E-state index in [1.54, 1.807) is 0 Å². The molecule has 0 radical (unpaired) electrons. The molecule has 17 heavy (non-hydrogen) atoms. The van der Waals surface area contributed by atoms with Crippen LogP contribution in [0, 0.1) is 5.95 Å². The van der Waals surface area contributed by atoms with Crippen molar-refractivity contribution in [2.75, 3.05) is 0 Å². The van der Waals surface area contributed by atoms with E-state index in [0.29, 0.717) is 0 Å². The second-order valence-electron chi connectivity index (χ2n) is 3.20. The summed E-state index contributed by atoms with van der Waals surface area (Å²) >= 11 is 5.70. The van der Waals surface area contributed by atoms with Crippen LogP contribution in [-0.4, -0.2) is 21.0 Å². The number of rotatable bonds is 2. The maximum atomic E-state index is 13.5. The Morgan fingerprint density at radius 3 is 2.82 bits per heavy atom. The molecule has 2 rings (SSSR count). The quantitative estimate of drug-likeness (QED) is 0.835. The Balaban J connectivity index is 2.68. The van der Waals surface area contributed by atoms with Crippen LogP contribution in [-0.2, 0) is 0 Å². The summed E-state index contributed by atoms with van der Waals surface area (Å²) in [5, 5.41) is 9.17. The summed E-state index contributed by atoms with van der Waals surface area (Å²) in [5.41, 5.74) is -0.0778. The Morgan fingerprint density at radius 1 is 1.35 bits per heavy atom. The van der Waals surface area contributed by atoms with Gasteiger partial charge in [-0.25, -0.2) is 14.8 Å². The molecule has 0 saturated carbocycles. The Bertz CT molecular complexity index is 589. The standard InChI is InChI=1S/C11H6ClFN2O2/c12-6-4-8(10(13)15-5-6)7-2-1-3-14-9(7)11(16)17/h1-5H,(H,16,17). The minimum atomic E-state index is -1.24. The first kappa shape index (κ1) is 11.5. The van der Waals surface area contributed by atoms with E-state index in [2.05, 4.69) is 9.97 Å². The average Bonchev–Trinajstić information content (AvgIpc) is 2.32. The number of nitrogens with zero attached hydrogens (tertiary/aromatic N) is 2. The minimum Gasteiger partial charge on any atom is -0.476 e. The first-order chi connectivity index (χ1) is 8.09. The molecule has 0 aromatic carbocycles. The van der Waals surface area contributed by atoms with E-state index in [0.717, 1.165) is 6.20 Å². The predicted octanol–water partition coefficient (Wildman–Crippen LogP) is 2.63. The molecule has 0 fully saturated rings. The number of carbonyl (C=O) groups is 1. The Hall–Kier alpha value is -2.01. The van der Waals surface area contributed by atoms with E-state index in [4.69, 9.17) is 16.7 Å². The lowest BCUT2D eigenvalue weighted by Crippen LogP contribution is -2.03. The van der Waals surface area contributed by atoms with Gasteiger partial charge in [0.1, 0.15) is 0 Å². The fraction of sp³-hybridized carbons (Fsp3) is 0. The molecule has 4 nitrogen and oxygen atoms in total. The fourth-order valence-corrected chi connectivity index (χ4v) is 1.56. The largest absolute Gasteiger partial charge is 0.476 e. The highest BCUT2D eigenvalue weighted by Crippen LogP contribution is 2.26. The van der Waals surface area contributed by atoms with Crippen LogP contribution in [0.4, 0.5) is 4.39 Å². The molecule has 0 aliphatic carbocycles. The number of hydrogen-bond donors (Lipinski definition) is 1. The summed E-state index contributed by atoms with van der Waals surface area (Å²) in [6.07, 6.45) is 2.47. The third-order valence-corrected chi connectivity index (χ3v) is 2.31. The van der Waals surface area contributed by atoms with Crippen LogP contribution in [0.15, 0.2) is 30.6 Å². The summed E-state index contributed by atoms with van der Waals surface area (Å²) in [4.78, 5) is 18.1. The van der Waals surface area contributed by atoms with Crippen molar-refractivity contribution < 1.29 is 14.3 Å². The molecule has 0 amide bonds. The lowest BCUT2D eigenvalue weighted by Gasteiger charge is -2.05. The van der Waals surface area contributed by atoms with Crippen molar-refractivity contribution in [2.45, 2.75) is 0 Å². The van der Waals surface area contributed by atoms with Gasteiger partial charge in [-0.15, -0.1) is 0 Å². The van der Waals surface area contributed by atoms with Gasteiger partial charge in [0.15, 0.2) is 5.69 Å². The van der Waals surface area contributed by atoms with Gasteiger partial charge in [-0.3, -0.25) is 0 Å². The summed E-state index contributed by atoms with van der Waals surface area (Å²) in [6, 6.07) is 4.28. The highest BCUT2D eigenvalue weighted by molar-refractivity contribution is 6.30. The third kappa shape index (κ3) is 2.24. The van der Waals surface area contributed by atoms with Crippen molar-refractivity contribution in [1.29, 1.82) is 0 Å². The van der Waals surface area contributed by atoms with Crippen molar-refractivity contribution in [3.8, 4) is 11.1 Å². The zero-order chi connectivity index (χ0) is 12.4. The van der Waals surface area contributed by atoms with Gasteiger partial charge in [-0.05, 0) is 12.1 Å². The van der Waals surface area contributed by atoms with Crippen molar-refractivity contribution in [3.63, 3.8) is 0 Å². The first-order valence-corrected chi connectivity index (χ1v) is 4.97. The molecule has 0 aliphatic heterocycles. The van der Waals surface area contributed by atoms with Crippen LogP contribution < -0.4 is 0 Å². The molecule has 0 bridgehead atoms. The summed E-state index contributed by atoms with van der Waals surface area (Å²) in [5.74, 6) is -2.02. The molecule has 2 aromatic rings. The summed E-state index contributed by atoms with van der Waals surface area (Å²) in [7, 11) is 0. The van der Waals surface area contributed by atoms with Crippen LogP contribution in [0.5, 0.6) is 0 Å². The number of carboxylic acid groups (broad SMARTS) is 1. The summed E-state index contributed by atoms with van der Waals surface area (Å²) in [6.45, 7) is 0. The van der Waals surface area contributed by atoms with E-state index in [9.17, 15) is 9.18 Å². The molecule has 2 heterocycles. The van der Waals surface area contributed by atoms with Gasteiger partial charge in [0, 0.05) is 23.5 Å².